The van der Waals surface area contributed by atoms with Crippen molar-refractivity contribution in [2.45, 2.75) is 38.5 Å². The summed E-state index contributed by atoms with van der Waals surface area (Å²) in [7, 11) is 0. The highest BCUT2D eigenvalue weighted by Gasteiger charge is 2.39. The molecule has 3 rings (SSSR count). The molecule has 2 aromatic rings. The van der Waals surface area contributed by atoms with Gasteiger partial charge in [0, 0.05) is 0 Å². The largest absolute Gasteiger partial charge is 0.486 e. The molecule has 128 valence electrons. The maximum Gasteiger partial charge on any atom is 0.435 e. The summed E-state index contributed by atoms with van der Waals surface area (Å²) < 4.78 is 43.9. The van der Waals surface area contributed by atoms with Gasteiger partial charge in [0.05, 0.1) is 0 Å². The van der Waals surface area contributed by atoms with Crippen LogP contribution >= 0.6 is 11.3 Å². The van der Waals surface area contributed by atoms with Gasteiger partial charge in [-0.05, 0) is 48.9 Å². The number of fused-ring (bicyclic) bond motifs is 1. The summed E-state index contributed by atoms with van der Waals surface area (Å²) in [5.41, 5.74) is 1.10. The van der Waals surface area contributed by atoms with Crippen LogP contribution in [0.4, 0.5) is 13.2 Å². The number of carboxylic acid groups (broad SMARTS) is 1. The number of alkyl halides is 3. The lowest BCUT2D eigenvalue weighted by molar-refractivity contribution is -0.141. The molecule has 1 N–H and O–H groups in total. The number of carboxylic acids is 1. The molecule has 0 saturated carbocycles. The second-order valence-corrected chi connectivity index (χ2v) is 6.60. The Bertz CT molecular complexity index is 770. The van der Waals surface area contributed by atoms with Gasteiger partial charge in [-0.2, -0.15) is 13.2 Å². The van der Waals surface area contributed by atoms with Crippen LogP contribution in [0.5, 0.6) is 5.75 Å². The molecule has 0 aliphatic heterocycles. The van der Waals surface area contributed by atoms with Crippen molar-refractivity contribution in [2.75, 3.05) is 0 Å². The fourth-order valence-corrected chi connectivity index (χ4v) is 3.54. The molecule has 24 heavy (non-hydrogen) atoms. The van der Waals surface area contributed by atoms with E-state index in [0.29, 0.717) is 17.1 Å². The lowest BCUT2D eigenvalue weighted by Crippen LogP contribution is -2.11. The predicted molar refractivity (Wildman–Crippen MR) is 81.5 cm³/mol. The molecule has 0 atom stereocenters. The molecule has 0 saturated heterocycles. The van der Waals surface area contributed by atoms with E-state index in [9.17, 15) is 18.0 Å². The molecule has 0 fully saturated rings. The molecular weight excluding hydrogens is 343 g/mol. The molecule has 0 spiro atoms. The standard InChI is InChI=1S/C16H14F3NO3S/c17-16(18,19)14-13(15(21)22)24-12(20-14)8-23-11-6-5-9-3-1-2-4-10(9)7-11/h5-7H,1-4,8H2,(H,21,22). The molecular formula is C16H14F3NO3S. The molecule has 0 amide bonds. The van der Waals surface area contributed by atoms with Gasteiger partial charge in [0.15, 0.2) is 5.69 Å². The van der Waals surface area contributed by atoms with E-state index in [1.807, 2.05) is 12.1 Å². The fraction of sp³-hybridized carbons (Fsp3) is 0.375. The van der Waals surface area contributed by atoms with Crippen LogP contribution in [0.2, 0.25) is 0 Å². The summed E-state index contributed by atoms with van der Waals surface area (Å²) in [6.07, 6.45) is -0.539. The van der Waals surface area contributed by atoms with Gasteiger partial charge in [-0.15, -0.1) is 11.3 Å². The van der Waals surface area contributed by atoms with Crippen molar-refractivity contribution in [3.8, 4) is 5.75 Å². The number of nitrogens with zero attached hydrogens (tertiary/aromatic N) is 1. The normalized spacial score (nSPS) is 14.3. The highest BCUT2D eigenvalue weighted by Crippen LogP contribution is 2.35. The van der Waals surface area contributed by atoms with Gasteiger partial charge >= 0.3 is 12.1 Å². The van der Waals surface area contributed by atoms with E-state index < -0.39 is 22.7 Å². The number of rotatable bonds is 4. The molecule has 1 heterocycles. The van der Waals surface area contributed by atoms with Gasteiger partial charge in [-0.3, -0.25) is 0 Å². The monoisotopic (exact) mass is 357 g/mol. The maximum atomic E-state index is 12.8. The predicted octanol–water partition coefficient (Wildman–Crippen LogP) is 4.32. The van der Waals surface area contributed by atoms with Crippen LogP contribution in [-0.2, 0) is 25.6 Å². The molecule has 4 nitrogen and oxygen atoms in total. The van der Waals surface area contributed by atoms with E-state index in [1.165, 1.54) is 11.1 Å². The number of hydrogen-bond donors (Lipinski definition) is 1. The summed E-state index contributed by atoms with van der Waals surface area (Å²) in [5, 5.41) is 8.87. The van der Waals surface area contributed by atoms with Crippen LogP contribution in [-0.4, -0.2) is 16.1 Å². The summed E-state index contributed by atoms with van der Waals surface area (Å²) >= 11 is 0.487. The van der Waals surface area contributed by atoms with Crippen molar-refractivity contribution in [3.05, 3.63) is 44.9 Å². The third kappa shape index (κ3) is 3.53. The second-order valence-electron chi connectivity index (χ2n) is 5.51. The van der Waals surface area contributed by atoms with Crippen molar-refractivity contribution >= 4 is 17.3 Å². The van der Waals surface area contributed by atoms with E-state index in [1.54, 1.807) is 6.07 Å². The highest BCUT2D eigenvalue weighted by molar-refractivity contribution is 7.13. The van der Waals surface area contributed by atoms with Crippen LogP contribution in [0.15, 0.2) is 18.2 Å². The van der Waals surface area contributed by atoms with Crippen LogP contribution in [0.1, 0.15) is 44.3 Å². The molecule has 0 unspecified atom stereocenters. The first-order valence-electron chi connectivity index (χ1n) is 7.39. The Hall–Kier alpha value is -2.09. The third-order valence-electron chi connectivity index (χ3n) is 3.82. The van der Waals surface area contributed by atoms with Gasteiger partial charge < -0.3 is 9.84 Å². The zero-order chi connectivity index (χ0) is 17.3. The second kappa shape index (κ2) is 6.43. The molecule has 1 aromatic heterocycles. The molecule has 0 bridgehead atoms. The van der Waals surface area contributed by atoms with Crippen LogP contribution in [0.25, 0.3) is 0 Å². The van der Waals surface area contributed by atoms with Crippen molar-refractivity contribution in [2.24, 2.45) is 0 Å². The Morgan fingerprint density at radius 3 is 2.58 bits per heavy atom. The van der Waals surface area contributed by atoms with E-state index in [2.05, 4.69) is 4.98 Å². The number of halogens is 3. The van der Waals surface area contributed by atoms with E-state index in [-0.39, 0.29) is 11.6 Å². The number of aromatic nitrogens is 1. The number of benzene rings is 1. The summed E-state index contributed by atoms with van der Waals surface area (Å²) in [6, 6.07) is 5.64. The minimum Gasteiger partial charge on any atom is -0.486 e. The topological polar surface area (TPSA) is 59.4 Å². The average Bonchev–Trinajstić information content (AvgIpc) is 2.97. The number of carbonyl (C=O) groups is 1. The van der Waals surface area contributed by atoms with Crippen molar-refractivity contribution in [3.63, 3.8) is 0 Å². The van der Waals surface area contributed by atoms with Gasteiger partial charge in [0.2, 0.25) is 0 Å². The number of aromatic carboxylic acids is 1. The zero-order valence-corrected chi connectivity index (χ0v) is 13.3. The smallest absolute Gasteiger partial charge is 0.435 e. The number of aryl methyl sites for hydroxylation is 2. The SMILES string of the molecule is O=C(O)c1sc(COc2ccc3c(c2)CCCC3)nc1C(F)(F)F. The Balaban J connectivity index is 1.76. The Labute approximate surface area is 139 Å². The quantitative estimate of drug-likeness (QED) is 0.885. The van der Waals surface area contributed by atoms with E-state index >= 15 is 0 Å². The number of ether oxygens (including phenoxy) is 1. The lowest BCUT2D eigenvalue weighted by atomic mass is 9.92. The Kier molecular flexibility index (Phi) is 4.49. The van der Waals surface area contributed by atoms with Crippen molar-refractivity contribution in [1.82, 2.24) is 4.98 Å². The van der Waals surface area contributed by atoms with Gasteiger partial charge in [0.25, 0.3) is 0 Å². The lowest BCUT2D eigenvalue weighted by Gasteiger charge is -2.16. The first kappa shape index (κ1) is 16.8. The maximum absolute atomic E-state index is 12.8. The van der Waals surface area contributed by atoms with Crippen molar-refractivity contribution < 1.29 is 27.8 Å². The third-order valence-corrected chi connectivity index (χ3v) is 4.83. The van der Waals surface area contributed by atoms with E-state index in [0.717, 1.165) is 25.7 Å². The van der Waals surface area contributed by atoms with Crippen LogP contribution < -0.4 is 4.74 Å². The Morgan fingerprint density at radius 2 is 1.96 bits per heavy atom. The van der Waals surface area contributed by atoms with Gasteiger partial charge in [-0.1, -0.05) is 6.07 Å². The fourth-order valence-electron chi connectivity index (χ4n) is 2.71. The summed E-state index contributed by atoms with van der Waals surface area (Å²) in [6.45, 7) is -0.195. The molecule has 1 aliphatic carbocycles. The summed E-state index contributed by atoms with van der Waals surface area (Å²) in [4.78, 5) is 13.5. The first-order chi connectivity index (χ1) is 11.3. The van der Waals surface area contributed by atoms with E-state index in [4.69, 9.17) is 9.84 Å². The highest BCUT2D eigenvalue weighted by atomic mass is 32.1. The van der Waals surface area contributed by atoms with Crippen molar-refractivity contribution in [1.29, 1.82) is 0 Å². The Morgan fingerprint density at radius 1 is 1.25 bits per heavy atom. The molecule has 1 aliphatic rings. The number of hydrogen-bond acceptors (Lipinski definition) is 4. The first-order valence-corrected chi connectivity index (χ1v) is 8.21. The minimum absolute atomic E-state index is 0.0163. The molecule has 0 radical (unpaired) electrons. The molecule has 1 aromatic carbocycles. The zero-order valence-electron chi connectivity index (χ0n) is 12.5. The van der Waals surface area contributed by atoms with Gasteiger partial charge in [-0.25, -0.2) is 9.78 Å². The minimum atomic E-state index is -4.80. The molecule has 8 heteroatoms. The number of thiazole rings is 1. The average molecular weight is 357 g/mol. The van der Waals surface area contributed by atoms with Crippen LogP contribution in [0, 0.1) is 0 Å². The van der Waals surface area contributed by atoms with Crippen LogP contribution in [0.3, 0.4) is 0 Å². The van der Waals surface area contributed by atoms with Gasteiger partial charge in [0.1, 0.15) is 22.2 Å². The summed E-state index contributed by atoms with van der Waals surface area (Å²) in [5.74, 6) is -1.09.